The highest BCUT2D eigenvalue weighted by Crippen LogP contribution is 2.20. The number of aliphatic hydroxyl groups is 1. The molecule has 2 heteroatoms. The summed E-state index contributed by atoms with van der Waals surface area (Å²) < 4.78 is 0. The molecule has 2 nitrogen and oxygen atoms in total. The molecule has 1 fully saturated rings. The predicted octanol–water partition coefficient (Wildman–Crippen LogP) is 2.52. The van der Waals surface area contributed by atoms with Gasteiger partial charge in [-0.15, -0.1) is 0 Å². The van der Waals surface area contributed by atoms with Gasteiger partial charge in [0.15, 0.2) is 0 Å². The van der Waals surface area contributed by atoms with Crippen molar-refractivity contribution in [1.82, 2.24) is 4.90 Å². The summed E-state index contributed by atoms with van der Waals surface area (Å²) in [6.45, 7) is 9.83. The van der Waals surface area contributed by atoms with Crippen molar-refractivity contribution in [1.29, 1.82) is 0 Å². The third-order valence-electron chi connectivity index (χ3n) is 4.03. The SMILES string of the molecule is CCC1CCN(CC(O)C(C)CC)CC1. The van der Waals surface area contributed by atoms with Gasteiger partial charge >= 0.3 is 0 Å². The first kappa shape index (κ1) is 13.0. The zero-order valence-electron chi connectivity index (χ0n) is 10.6. The van der Waals surface area contributed by atoms with Crippen LogP contribution in [0.2, 0.25) is 0 Å². The van der Waals surface area contributed by atoms with Crippen molar-refractivity contribution in [2.24, 2.45) is 11.8 Å². The van der Waals surface area contributed by atoms with Gasteiger partial charge in [0, 0.05) is 6.54 Å². The highest BCUT2D eigenvalue weighted by atomic mass is 16.3. The molecular weight excluding hydrogens is 186 g/mol. The van der Waals surface area contributed by atoms with E-state index in [0.29, 0.717) is 5.92 Å². The van der Waals surface area contributed by atoms with Crippen LogP contribution in [0.25, 0.3) is 0 Å². The zero-order valence-corrected chi connectivity index (χ0v) is 10.6. The lowest BCUT2D eigenvalue weighted by Crippen LogP contribution is -2.40. The van der Waals surface area contributed by atoms with Gasteiger partial charge in [-0.2, -0.15) is 0 Å². The molecule has 1 saturated heterocycles. The van der Waals surface area contributed by atoms with E-state index in [4.69, 9.17) is 0 Å². The van der Waals surface area contributed by atoms with Crippen LogP contribution in [0.4, 0.5) is 0 Å². The van der Waals surface area contributed by atoms with Crippen LogP contribution >= 0.6 is 0 Å². The van der Waals surface area contributed by atoms with E-state index in [1.54, 1.807) is 0 Å². The second-order valence-corrected chi connectivity index (χ2v) is 5.11. The Morgan fingerprint density at radius 3 is 2.33 bits per heavy atom. The molecule has 90 valence electrons. The molecule has 0 radical (unpaired) electrons. The highest BCUT2D eigenvalue weighted by Gasteiger charge is 2.21. The van der Waals surface area contributed by atoms with Crippen molar-refractivity contribution in [2.75, 3.05) is 19.6 Å². The molecule has 0 aromatic carbocycles. The first-order valence-electron chi connectivity index (χ1n) is 6.57. The first-order valence-corrected chi connectivity index (χ1v) is 6.57. The molecule has 15 heavy (non-hydrogen) atoms. The molecule has 1 rings (SSSR count). The Morgan fingerprint density at radius 2 is 1.87 bits per heavy atom. The van der Waals surface area contributed by atoms with Gasteiger partial charge in [-0.05, 0) is 37.8 Å². The molecule has 0 spiro atoms. The van der Waals surface area contributed by atoms with E-state index in [0.717, 1.165) is 18.9 Å². The minimum Gasteiger partial charge on any atom is -0.392 e. The van der Waals surface area contributed by atoms with Crippen LogP contribution in [0.15, 0.2) is 0 Å². The highest BCUT2D eigenvalue weighted by molar-refractivity contribution is 4.75. The second kappa shape index (κ2) is 6.49. The van der Waals surface area contributed by atoms with E-state index < -0.39 is 0 Å². The van der Waals surface area contributed by atoms with Crippen molar-refractivity contribution < 1.29 is 5.11 Å². The Bertz CT molecular complexity index is 164. The van der Waals surface area contributed by atoms with Crippen LogP contribution in [0.1, 0.15) is 46.5 Å². The third-order valence-corrected chi connectivity index (χ3v) is 4.03. The molecule has 1 N–H and O–H groups in total. The predicted molar refractivity (Wildman–Crippen MR) is 64.9 cm³/mol. The van der Waals surface area contributed by atoms with Crippen molar-refractivity contribution in [3.8, 4) is 0 Å². The quantitative estimate of drug-likeness (QED) is 0.758. The molecule has 0 aromatic rings. The number of piperidine rings is 1. The molecule has 0 aromatic heterocycles. The van der Waals surface area contributed by atoms with Crippen LogP contribution < -0.4 is 0 Å². The van der Waals surface area contributed by atoms with Crippen molar-refractivity contribution >= 4 is 0 Å². The number of rotatable bonds is 5. The molecule has 1 heterocycles. The van der Waals surface area contributed by atoms with Crippen LogP contribution in [0.5, 0.6) is 0 Å². The average Bonchev–Trinajstić information content (AvgIpc) is 2.29. The summed E-state index contributed by atoms with van der Waals surface area (Å²) in [4.78, 5) is 2.43. The topological polar surface area (TPSA) is 23.5 Å². The fraction of sp³-hybridized carbons (Fsp3) is 1.00. The maximum Gasteiger partial charge on any atom is 0.0692 e. The van der Waals surface area contributed by atoms with Crippen LogP contribution in [0.3, 0.4) is 0 Å². The van der Waals surface area contributed by atoms with E-state index in [1.165, 1.54) is 32.4 Å². The molecule has 1 aliphatic rings. The fourth-order valence-corrected chi connectivity index (χ4v) is 2.29. The van der Waals surface area contributed by atoms with Crippen molar-refractivity contribution in [2.45, 2.75) is 52.6 Å². The summed E-state index contributed by atoms with van der Waals surface area (Å²) >= 11 is 0. The first-order chi connectivity index (χ1) is 7.17. The number of β-amino-alcohol motifs (C(OH)–C–C–N with tert-alkyl or cyclic N) is 1. The molecule has 0 saturated carbocycles. The summed E-state index contributed by atoms with van der Waals surface area (Å²) in [5.74, 6) is 1.37. The van der Waals surface area contributed by atoms with E-state index in [1.807, 2.05) is 0 Å². The molecule has 2 unspecified atom stereocenters. The number of aliphatic hydroxyl groups excluding tert-OH is 1. The Kier molecular flexibility index (Phi) is 5.62. The number of hydrogen-bond donors (Lipinski definition) is 1. The summed E-state index contributed by atoms with van der Waals surface area (Å²) in [5.41, 5.74) is 0. The van der Waals surface area contributed by atoms with Gasteiger partial charge in [-0.1, -0.05) is 33.6 Å². The molecule has 0 amide bonds. The molecule has 1 aliphatic heterocycles. The van der Waals surface area contributed by atoms with Gasteiger partial charge in [-0.3, -0.25) is 0 Å². The Balaban J connectivity index is 2.23. The normalized spacial score (nSPS) is 24.0. The van der Waals surface area contributed by atoms with E-state index >= 15 is 0 Å². The lowest BCUT2D eigenvalue weighted by Gasteiger charge is -2.33. The minimum atomic E-state index is -0.131. The Morgan fingerprint density at radius 1 is 1.27 bits per heavy atom. The molecule has 0 aliphatic carbocycles. The van der Waals surface area contributed by atoms with Crippen molar-refractivity contribution in [3.05, 3.63) is 0 Å². The van der Waals surface area contributed by atoms with E-state index in [9.17, 15) is 5.11 Å². The van der Waals surface area contributed by atoms with Gasteiger partial charge in [0.1, 0.15) is 0 Å². The number of nitrogens with zero attached hydrogens (tertiary/aromatic N) is 1. The summed E-state index contributed by atoms with van der Waals surface area (Å²) in [7, 11) is 0. The van der Waals surface area contributed by atoms with Gasteiger partial charge in [0.2, 0.25) is 0 Å². The average molecular weight is 213 g/mol. The van der Waals surface area contributed by atoms with Crippen LogP contribution in [-0.2, 0) is 0 Å². The van der Waals surface area contributed by atoms with Gasteiger partial charge < -0.3 is 10.0 Å². The van der Waals surface area contributed by atoms with Crippen LogP contribution in [-0.4, -0.2) is 35.7 Å². The third kappa shape index (κ3) is 4.12. The Labute approximate surface area is 94.7 Å². The lowest BCUT2D eigenvalue weighted by atomic mass is 9.93. The van der Waals surface area contributed by atoms with Gasteiger partial charge in [0.05, 0.1) is 6.10 Å². The van der Waals surface area contributed by atoms with E-state index in [2.05, 4.69) is 25.7 Å². The van der Waals surface area contributed by atoms with Gasteiger partial charge in [-0.25, -0.2) is 0 Å². The maximum absolute atomic E-state index is 9.95. The number of hydrogen-bond acceptors (Lipinski definition) is 2. The maximum atomic E-state index is 9.95. The molecular formula is C13H27NO. The summed E-state index contributed by atoms with van der Waals surface area (Å²) in [6, 6.07) is 0. The summed E-state index contributed by atoms with van der Waals surface area (Å²) in [6.07, 6.45) is 4.91. The standard InChI is InChI=1S/C13H27NO/c1-4-11(3)13(15)10-14-8-6-12(5-2)7-9-14/h11-13,15H,4-10H2,1-3H3. The van der Waals surface area contributed by atoms with Crippen molar-refractivity contribution in [3.63, 3.8) is 0 Å². The lowest BCUT2D eigenvalue weighted by molar-refractivity contribution is 0.0537. The second-order valence-electron chi connectivity index (χ2n) is 5.11. The fourth-order valence-electron chi connectivity index (χ4n) is 2.29. The monoisotopic (exact) mass is 213 g/mol. The molecule has 2 atom stereocenters. The molecule has 0 bridgehead atoms. The largest absolute Gasteiger partial charge is 0.392 e. The smallest absolute Gasteiger partial charge is 0.0692 e. The zero-order chi connectivity index (χ0) is 11.3. The van der Waals surface area contributed by atoms with Gasteiger partial charge in [0.25, 0.3) is 0 Å². The minimum absolute atomic E-state index is 0.131. The van der Waals surface area contributed by atoms with Crippen LogP contribution in [0, 0.1) is 11.8 Å². The summed E-state index contributed by atoms with van der Waals surface area (Å²) in [5, 5.41) is 9.95. The number of likely N-dealkylation sites (tertiary alicyclic amines) is 1. The Hall–Kier alpha value is -0.0800. The van der Waals surface area contributed by atoms with E-state index in [-0.39, 0.29) is 6.10 Å².